The summed E-state index contributed by atoms with van der Waals surface area (Å²) in [4.78, 5) is 19.5. The highest BCUT2D eigenvalue weighted by Gasteiger charge is 2.18. The molecule has 1 aromatic carbocycles. The molecule has 0 fully saturated rings. The third-order valence-corrected chi connectivity index (χ3v) is 3.96. The van der Waals surface area contributed by atoms with Crippen LogP contribution >= 0.6 is 0 Å². The molecule has 24 heavy (non-hydrogen) atoms. The molecule has 0 unspecified atom stereocenters. The average Bonchev–Trinajstić information content (AvgIpc) is 2.98. The number of nitrogens with one attached hydrogen (secondary N) is 2. The first-order chi connectivity index (χ1) is 11.5. The zero-order valence-corrected chi connectivity index (χ0v) is 13.8. The Bertz CT molecular complexity index is 883. The summed E-state index contributed by atoms with van der Waals surface area (Å²) in [6, 6.07) is 9.56. The van der Waals surface area contributed by atoms with Gasteiger partial charge in [0.05, 0.1) is 11.9 Å². The first-order valence-electron chi connectivity index (χ1n) is 7.88. The molecule has 3 aromatic rings. The van der Waals surface area contributed by atoms with Crippen LogP contribution in [0.3, 0.4) is 0 Å². The highest BCUT2D eigenvalue weighted by atomic mass is 16.3. The van der Waals surface area contributed by atoms with Gasteiger partial charge in [-0.15, -0.1) is 0 Å². The zero-order chi connectivity index (χ0) is 17.2. The van der Waals surface area contributed by atoms with Crippen molar-refractivity contribution < 1.29 is 5.11 Å². The number of hydrogen-bond acceptors (Lipinski definition) is 5. The van der Waals surface area contributed by atoms with E-state index in [1.807, 2.05) is 44.2 Å². The van der Waals surface area contributed by atoms with Crippen LogP contribution in [0.4, 0.5) is 5.95 Å². The fraction of sp³-hybridized carbons (Fsp3) is 0.353. The molecular formula is C17H21N5O2. The second kappa shape index (κ2) is 6.45. The molecule has 0 bridgehead atoms. The molecule has 0 aliphatic rings. The van der Waals surface area contributed by atoms with E-state index in [1.54, 1.807) is 4.68 Å². The van der Waals surface area contributed by atoms with Crippen LogP contribution in [0.2, 0.25) is 0 Å². The van der Waals surface area contributed by atoms with Crippen molar-refractivity contribution in [1.82, 2.24) is 19.7 Å². The van der Waals surface area contributed by atoms with Crippen LogP contribution in [0.15, 0.2) is 41.3 Å². The summed E-state index contributed by atoms with van der Waals surface area (Å²) < 4.78 is 1.65. The predicted octanol–water partition coefficient (Wildman–Crippen LogP) is 1.93. The Labute approximate surface area is 139 Å². The van der Waals surface area contributed by atoms with Crippen LogP contribution in [-0.4, -0.2) is 38.0 Å². The Morgan fingerprint density at radius 2 is 2.04 bits per heavy atom. The molecule has 0 saturated carbocycles. The fourth-order valence-corrected chi connectivity index (χ4v) is 2.47. The minimum Gasteiger partial charge on any atom is -0.396 e. The number of aliphatic hydroxyl groups excluding tert-OH is 1. The van der Waals surface area contributed by atoms with Crippen molar-refractivity contribution in [1.29, 1.82) is 0 Å². The molecule has 0 aliphatic carbocycles. The van der Waals surface area contributed by atoms with E-state index in [2.05, 4.69) is 20.4 Å². The van der Waals surface area contributed by atoms with Gasteiger partial charge in [-0.2, -0.15) is 10.1 Å². The molecule has 126 valence electrons. The lowest BCUT2D eigenvalue weighted by molar-refractivity contribution is 0.220. The lowest BCUT2D eigenvalue weighted by Crippen LogP contribution is -2.26. The van der Waals surface area contributed by atoms with E-state index in [0.717, 1.165) is 5.69 Å². The predicted molar refractivity (Wildman–Crippen MR) is 93.5 cm³/mol. The van der Waals surface area contributed by atoms with Crippen molar-refractivity contribution in [2.24, 2.45) is 5.41 Å². The normalized spacial score (nSPS) is 11.8. The maximum Gasteiger partial charge on any atom is 0.263 e. The number of nitrogens with zero attached hydrogens (tertiary/aromatic N) is 3. The summed E-state index contributed by atoms with van der Waals surface area (Å²) in [5.41, 5.74) is 1.01. The van der Waals surface area contributed by atoms with Crippen molar-refractivity contribution in [3.63, 3.8) is 0 Å². The van der Waals surface area contributed by atoms with Gasteiger partial charge in [-0.3, -0.25) is 9.78 Å². The molecule has 7 nitrogen and oxygen atoms in total. The Kier molecular flexibility index (Phi) is 4.35. The number of fused-ring (bicyclic) bond motifs is 1. The van der Waals surface area contributed by atoms with E-state index in [9.17, 15) is 4.79 Å². The Hall–Kier alpha value is -2.67. The van der Waals surface area contributed by atoms with E-state index < -0.39 is 0 Å². The second-order valence-electron chi connectivity index (χ2n) is 6.54. The lowest BCUT2D eigenvalue weighted by Gasteiger charge is -2.23. The van der Waals surface area contributed by atoms with E-state index in [1.165, 1.54) is 6.20 Å². The third-order valence-electron chi connectivity index (χ3n) is 3.96. The number of H-pyrrole nitrogens is 1. The summed E-state index contributed by atoms with van der Waals surface area (Å²) in [7, 11) is 0. The van der Waals surface area contributed by atoms with Crippen LogP contribution in [0.1, 0.15) is 20.3 Å². The summed E-state index contributed by atoms with van der Waals surface area (Å²) in [5, 5.41) is 17.0. The number of hydrogen-bond donors (Lipinski definition) is 3. The molecule has 0 radical (unpaired) electrons. The summed E-state index contributed by atoms with van der Waals surface area (Å²) >= 11 is 0. The number of benzene rings is 1. The molecule has 0 saturated heterocycles. The van der Waals surface area contributed by atoms with Gasteiger partial charge in [-0.1, -0.05) is 32.0 Å². The number of rotatable bonds is 6. The monoisotopic (exact) mass is 327 g/mol. The number of para-hydroxylation sites is 1. The van der Waals surface area contributed by atoms with Gasteiger partial charge in [-0.05, 0) is 24.0 Å². The maximum atomic E-state index is 12.3. The maximum absolute atomic E-state index is 12.3. The van der Waals surface area contributed by atoms with Gasteiger partial charge in [0.2, 0.25) is 5.95 Å². The Morgan fingerprint density at radius 3 is 2.75 bits per heavy atom. The lowest BCUT2D eigenvalue weighted by atomic mass is 9.90. The van der Waals surface area contributed by atoms with Gasteiger partial charge < -0.3 is 10.4 Å². The molecular weight excluding hydrogens is 306 g/mol. The highest BCUT2D eigenvalue weighted by molar-refractivity contribution is 5.76. The van der Waals surface area contributed by atoms with Gasteiger partial charge in [0.25, 0.3) is 5.56 Å². The summed E-state index contributed by atoms with van der Waals surface area (Å²) in [6.45, 7) is 4.79. The van der Waals surface area contributed by atoms with Crippen molar-refractivity contribution in [3.8, 4) is 5.69 Å². The number of aromatic nitrogens is 4. The van der Waals surface area contributed by atoms with Crippen LogP contribution < -0.4 is 10.9 Å². The molecule has 0 aliphatic heterocycles. The molecule has 0 amide bonds. The Morgan fingerprint density at radius 1 is 1.29 bits per heavy atom. The van der Waals surface area contributed by atoms with Crippen LogP contribution in [0, 0.1) is 5.41 Å². The molecule has 0 spiro atoms. The zero-order valence-electron chi connectivity index (χ0n) is 13.8. The van der Waals surface area contributed by atoms with Crippen molar-refractivity contribution in [3.05, 3.63) is 46.9 Å². The van der Waals surface area contributed by atoms with E-state index in [0.29, 0.717) is 29.9 Å². The van der Waals surface area contributed by atoms with E-state index >= 15 is 0 Å². The first kappa shape index (κ1) is 16.2. The topological polar surface area (TPSA) is 95.8 Å². The fourth-order valence-electron chi connectivity index (χ4n) is 2.47. The summed E-state index contributed by atoms with van der Waals surface area (Å²) in [5.74, 6) is 0.399. The first-order valence-corrected chi connectivity index (χ1v) is 7.88. The largest absolute Gasteiger partial charge is 0.396 e. The van der Waals surface area contributed by atoms with Crippen molar-refractivity contribution in [2.75, 3.05) is 18.5 Å². The molecule has 3 rings (SSSR count). The van der Waals surface area contributed by atoms with Gasteiger partial charge in [0.15, 0.2) is 5.65 Å². The van der Waals surface area contributed by atoms with Crippen LogP contribution in [-0.2, 0) is 0 Å². The van der Waals surface area contributed by atoms with Gasteiger partial charge in [-0.25, -0.2) is 4.68 Å². The Balaban J connectivity index is 1.95. The van der Waals surface area contributed by atoms with Crippen LogP contribution in [0.25, 0.3) is 16.7 Å². The standard InChI is InChI=1S/C17H21N5O2/c1-17(2,8-9-23)11-18-16-20-14-13(15(24)21-16)10-19-22(14)12-6-4-3-5-7-12/h3-7,10,23H,8-9,11H2,1-2H3,(H2,18,20,21,24). The number of anilines is 1. The SMILES string of the molecule is CC(C)(CCO)CNc1nc2c(cnn2-c2ccccc2)c(=O)[nH]1. The molecule has 2 heterocycles. The summed E-state index contributed by atoms with van der Waals surface area (Å²) in [6.07, 6.45) is 2.18. The van der Waals surface area contributed by atoms with Gasteiger partial charge in [0.1, 0.15) is 5.39 Å². The van der Waals surface area contributed by atoms with Crippen molar-refractivity contribution >= 4 is 17.0 Å². The molecule has 3 N–H and O–H groups in total. The average molecular weight is 327 g/mol. The molecule has 2 aromatic heterocycles. The minimum absolute atomic E-state index is 0.109. The van der Waals surface area contributed by atoms with E-state index in [4.69, 9.17) is 5.11 Å². The molecule has 0 atom stereocenters. The van der Waals surface area contributed by atoms with Gasteiger partial charge >= 0.3 is 0 Å². The van der Waals surface area contributed by atoms with Crippen molar-refractivity contribution in [2.45, 2.75) is 20.3 Å². The van der Waals surface area contributed by atoms with Gasteiger partial charge in [0, 0.05) is 13.2 Å². The highest BCUT2D eigenvalue weighted by Crippen LogP contribution is 2.20. The quantitative estimate of drug-likeness (QED) is 0.643. The second-order valence-corrected chi connectivity index (χ2v) is 6.54. The number of aliphatic hydroxyl groups is 1. The van der Waals surface area contributed by atoms with Crippen LogP contribution in [0.5, 0.6) is 0 Å². The minimum atomic E-state index is -0.232. The number of aromatic amines is 1. The van der Waals surface area contributed by atoms with E-state index in [-0.39, 0.29) is 17.6 Å². The smallest absolute Gasteiger partial charge is 0.263 e. The molecule has 7 heteroatoms. The third kappa shape index (κ3) is 3.30.